The fourth-order valence-electron chi connectivity index (χ4n) is 0.989. The van der Waals surface area contributed by atoms with Crippen LogP contribution in [0.3, 0.4) is 0 Å². The van der Waals surface area contributed by atoms with Crippen molar-refractivity contribution < 1.29 is 0 Å². The average Bonchev–Trinajstić information content (AvgIpc) is 2.53. The van der Waals surface area contributed by atoms with Crippen LogP contribution in [0.15, 0.2) is 6.20 Å². The van der Waals surface area contributed by atoms with Crippen LogP contribution in [0.25, 0.3) is 0 Å². The van der Waals surface area contributed by atoms with Gasteiger partial charge in [-0.05, 0) is 18.3 Å². The Bertz CT molecular complexity index is 214. The number of H-pyrrole nitrogens is 1. The van der Waals surface area contributed by atoms with Crippen LogP contribution in [0.4, 0.5) is 0 Å². The molecule has 0 amide bonds. The van der Waals surface area contributed by atoms with E-state index in [1.807, 2.05) is 0 Å². The van der Waals surface area contributed by atoms with E-state index in [4.69, 9.17) is 0 Å². The van der Waals surface area contributed by atoms with Gasteiger partial charge in [0.05, 0.1) is 11.9 Å². The minimum Gasteiger partial charge on any atom is -0.198 e. The summed E-state index contributed by atoms with van der Waals surface area (Å²) in [4.78, 5) is 0. The zero-order chi connectivity index (χ0) is 9.03. The third-order valence-electron chi connectivity index (χ3n) is 2.48. The van der Waals surface area contributed by atoms with E-state index in [9.17, 15) is 0 Å². The van der Waals surface area contributed by atoms with Crippen molar-refractivity contribution in [1.29, 1.82) is 0 Å². The minimum absolute atomic E-state index is 0.430. The lowest BCUT2D eigenvalue weighted by Gasteiger charge is -2.21. The first-order valence-corrected chi connectivity index (χ1v) is 4.49. The molecule has 1 aromatic heterocycles. The molecule has 12 heavy (non-hydrogen) atoms. The zero-order valence-electron chi connectivity index (χ0n) is 8.09. The van der Waals surface area contributed by atoms with Gasteiger partial charge in [-0.1, -0.05) is 27.2 Å². The summed E-state index contributed by atoms with van der Waals surface area (Å²) in [6, 6.07) is 0. The fourth-order valence-corrected chi connectivity index (χ4v) is 0.989. The van der Waals surface area contributed by atoms with Crippen LogP contribution >= 0.6 is 0 Å². The van der Waals surface area contributed by atoms with Gasteiger partial charge in [0, 0.05) is 0 Å². The van der Waals surface area contributed by atoms with Gasteiger partial charge in [-0.2, -0.15) is 15.4 Å². The molecule has 0 saturated heterocycles. The first-order valence-electron chi connectivity index (χ1n) is 4.49. The molecule has 0 unspecified atom stereocenters. The van der Waals surface area contributed by atoms with Gasteiger partial charge in [0.1, 0.15) is 0 Å². The summed E-state index contributed by atoms with van der Waals surface area (Å²) in [7, 11) is 0. The van der Waals surface area contributed by atoms with Crippen molar-refractivity contribution in [3.05, 3.63) is 11.9 Å². The van der Waals surface area contributed by atoms with Gasteiger partial charge in [-0.25, -0.2) is 0 Å². The Morgan fingerprint density at radius 1 is 1.50 bits per heavy atom. The molecule has 0 spiro atoms. The monoisotopic (exact) mass is 167 g/mol. The highest BCUT2D eigenvalue weighted by molar-refractivity contribution is 4.91. The SMILES string of the molecule is CCC(C)(C)CCc1cn[nH]n1. The molecule has 0 atom stereocenters. The lowest BCUT2D eigenvalue weighted by molar-refractivity contribution is 0.321. The predicted molar refractivity (Wildman–Crippen MR) is 48.8 cm³/mol. The molecule has 1 rings (SSSR count). The second-order valence-electron chi connectivity index (χ2n) is 3.98. The molecule has 0 aliphatic heterocycles. The molecule has 1 aromatic rings. The summed E-state index contributed by atoms with van der Waals surface area (Å²) in [5.74, 6) is 0. The molecule has 3 heteroatoms. The number of hydrogen-bond donors (Lipinski definition) is 1. The number of nitrogens with one attached hydrogen (secondary N) is 1. The van der Waals surface area contributed by atoms with Crippen molar-refractivity contribution in [2.24, 2.45) is 5.41 Å². The first kappa shape index (κ1) is 9.23. The number of aryl methyl sites for hydroxylation is 1. The van der Waals surface area contributed by atoms with Crippen molar-refractivity contribution in [2.75, 3.05) is 0 Å². The predicted octanol–water partition coefficient (Wildman–Crippen LogP) is 2.17. The Kier molecular flexibility index (Phi) is 2.84. The third-order valence-corrected chi connectivity index (χ3v) is 2.48. The highest BCUT2D eigenvalue weighted by Crippen LogP contribution is 2.25. The van der Waals surface area contributed by atoms with Crippen molar-refractivity contribution in [3.8, 4) is 0 Å². The van der Waals surface area contributed by atoms with Crippen LogP contribution in [0.1, 0.15) is 39.3 Å². The van der Waals surface area contributed by atoms with Crippen molar-refractivity contribution in [1.82, 2.24) is 15.4 Å². The largest absolute Gasteiger partial charge is 0.198 e. The molecule has 3 nitrogen and oxygen atoms in total. The van der Waals surface area contributed by atoms with Crippen molar-refractivity contribution in [2.45, 2.75) is 40.0 Å². The molecule has 0 saturated carbocycles. The van der Waals surface area contributed by atoms with Crippen LogP contribution < -0.4 is 0 Å². The van der Waals surface area contributed by atoms with Crippen LogP contribution in [0.2, 0.25) is 0 Å². The van der Waals surface area contributed by atoms with Gasteiger partial charge in [-0.3, -0.25) is 0 Å². The first-order chi connectivity index (χ1) is 5.64. The number of aromatic amines is 1. The Morgan fingerprint density at radius 2 is 2.25 bits per heavy atom. The zero-order valence-corrected chi connectivity index (χ0v) is 8.09. The van der Waals surface area contributed by atoms with Crippen LogP contribution in [0.5, 0.6) is 0 Å². The van der Waals surface area contributed by atoms with E-state index in [1.54, 1.807) is 6.20 Å². The van der Waals surface area contributed by atoms with Gasteiger partial charge in [0.2, 0.25) is 0 Å². The maximum atomic E-state index is 4.02. The van der Waals surface area contributed by atoms with E-state index in [2.05, 4.69) is 36.2 Å². The Hall–Kier alpha value is -0.860. The topological polar surface area (TPSA) is 41.6 Å². The highest BCUT2D eigenvalue weighted by atomic mass is 15.3. The molecular formula is C9H17N3. The lowest BCUT2D eigenvalue weighted by Crippen LogP contribution is -2.10. The van der Waals surface area contributed by atoms with E-state index in [1.165, 1.54) is 12.8 Å². The summed E-state index contributed by atoms with van der Waals surface area (Å²) in [5, 5.41) is 10.4. The molecule has 0 fully saturated rings. The van der Waals surface area contributed by atoms with E-state index in [-0.39, 0.29) is 0 Å². The van der Waals surface area contributed by atoms with E-state index >= 15 is 0 Å². The summed E-state index contributed by atoms with van der Waals surface area (Å²) in [6.45, 7) is 6.79. The van der Waals surface area contributed by atoms with Crippen LogP contribution in [-0.4, -0.2) is 15.4 Å². The van der Waals surface area contributed by atoms with Gasteiger partial charge in [-0.15, -0.1) is 0 Å². The Labute approximate surface area is 73.6 Å². The van der Waals surface area contributed by atoms with Crippen molar-refractivity contribution in [3.63, 3.8) is 0 Å². The number of rotatable bonds is 4. The maximum absolute atomic E-state index is 4.02. The van der Waals surface area contributed by atoms with E-state index < -0.39 is 0 Å². The molecule has 1 N–H and O–H groups in total. The van der Waals surface area contributed by atoms with Crippen LogP contribution in [0, 0.1) is 5.41 Å². The molecular weight excluding hydrogens is 150 g/mol. The number of aromatic nitrogens is 3. The average molecular weight is 167 g/mol. The summed E-state index contributed by atoms with van der Waals surface area (Å²) in [6.07, 6.45) is 5.21. The van der Waals surface area contributed by atoms with Gasteiger partial charge in [0.15, 0.2) is 0 Å². The molecule has 0 aliphatic carbocycles. The molecule has 0 aliphatic rings. The van der Waals surface area contributed by atoms with E-state index in [0.717, 1.165) is 12.1 Å². The smallest absolute Gasteiger partial charge is 0.0824 e. The Morgan fingerprint density at radius 3 is 2.75 bits per heavy atom. The fraction of sp³-hybridized carbons (Fsp3) is 0.778. The molecule has 0 aromatic carbocycles. The van der Waals surface area contributed by atoms with Crippen molar-refractivity contribution >= 4 is 0 Å². The number of nitrogens with zero attached hydrogens (tertiary/aromatic N) is 2. The molecule has 1 heterocycles. The minimum atomic E-state index is 0.430. The molecule has 0 radical (unpaired) electrons. The maximum Gasteiger partial charge on any atom is 0.0824 e. The molecule has 68 valence electrons. The van der Waals surface area contributed by atoms with Gasteiger partial charge in [0.25, 0.3) is 0 Å². The third kappa shape index (κ3) is 2.64. The van der Waals surface area contributed by atoms with Crippen LogP contribution in [-0.2, 0) is 6.42 Å². The quantitative estimate of drug-likeness (QED) is 0.746. The highest BCUT2D eigenvalue weighted by Gasteiger charge is 2.14. The summed E-state index contributed by atoms with van der Waals surface area (Å²) < 4.78 is 0. The second-order valence-corrected chi connectivity index (χ2v) is 3.98. The normalized spacial score (nSPS) is 11.9. The summed E-state index contributed by atoms with van der Waals surface area (Å²) >= 11 is 0. The standard InChI is InChI=1S/C9H17N3/c1-4-9(2,3)6-5-8-7-10-12-11-8/h7H,4-6H2,1-3H3,(H,10,11,12). The molecule has 0 bridgehead atoms. The second kappa shape index (κ2) is 3.70. The number of hydrogen-bond acceptors (Lipinski definition) is 2. The van der Waals surface area contributed by atoms with Gasteiger partial charge < -0.3 is 0 Å². The lowest BCUT2D eigenvalue weighted by atomic mass is 9.85. The summed E-state index contributed by atoms with van der Waals surface area (Å²) in [5.41, 5.74) is 1.50. The Balaban J connectivity index is 2.36. The van der Waals surface area contributed by atoms with E-state index in [0.29, 0.717) is 5.41 Å². The van der Waals surface area contributed by atoms with Gasteiger partial charge >= 0.3 is 0 Å².